The number of methoxy groups -OCH3 is 1. The maximum absolute atomic E-state index is 11.0. The molecule has 2 rings (SSSR count). The van der Waals surface area contributed by atoms with Crippen LogP contribution < -0.4 is 10.2 Å². The lowest BCUT2D eigenvalue weighted by Crippen LogP contribution is -2.12. The van der Waals surface area contributed by atoms with E-state index in [0.717, 1.165) is 11.1 Å². The molecule has 0 aromatic heterocycles. The molecule has 0 atom stereocenters. The van der Waals surface area contributed by atoms with Crippen molar-refractivity contribution in [3.63, 3.8) is 0 Å². The summed E-state index contributed by atoms with van der Waals surface area (Å²) in [4.78, 5) is 11.0. The zero-order valence-corrected chi connectivity index (χ0v) is 13.4. The van der Waals surface area contributed by atoms with E-state index in [-0.39, 0.29) is 6.61 Å². The minimum atomic E-state index is -0.417. The third-order valence-corrected chi connectivity index (χ3v) is 3.37. The van der Waals surface area contributed by atoms with Gasteiger partial charge in [-0.1, -0.05) is 29.8 Å². The van der Waals surface area contributed by atoms with Crippen LogP contribution in [0, 0.1) is 0 Å². The molecule has 0 radical (unpaired) electrons. The van der Waals surface area contributed by atoms with Crippen LogP contribution in [0.2, 0.25) is 5.02 Å². The highest BCUT2D eigenvalue weighted by molar-refractivity contribution is 6.31. The van der Waals surface area contributed by atoms with Gasteiger partial charge < -0.3 is 14.9 Å². The minimum absolute atomic E-state index is 0.108. The van der Waals surface area contributed by atoms with Crippen molar-refractivity contribution in [1.82, 2.24) is 5.43 Å². The van der Waals surface area contributed by atoms with Gasteiger partial charge in [0.15, 0.2) is 6.61 Å². The lowest BCUT2D eigenvalue weighted by atomic mass is 10.2. The summed E-state index contributed by atoms with van der Waals surface area (Å²) in [6.45, 7) is 0.444. The number of ether oxygens (including phenoxy) is 2. The van der Waals surface area contributed by atoms with Crippen LogP contribution >= 0.6 is 11.6 Å². The van der Waals surface area contributed by atoms with E-state index in [2.05, 4.69) is 15.3 Å². The third kappa shape index (κ3) is 5.64. The molecule has 0 fully saturated rings. The van der Waals surface area contributed by atoms with Crippen LogP contribution in [0.15, 0.2) is 53.6 Å². The van der Waals surface area contributed by atoms with E-state index >= 15 is 0 Å². The second-order valence-corrected chi connectivity index (χ2v) is 5.03. The van der Waals surface area contributed by atoms with E-state index in [1.807, 2.05) is 36.4 Å². The standard InChI is InChI=1S/C17H17ClN2O3/c1-22-17(21)12-23-15-8-6-13(7-9-15)10-19-20-11-14-4-2-3-5-16(14)18/h2-10,20H,11-12H2,1H3/b19-10-. The van der Waals surface area contributed by atoms with Crippen LogP contribution in [0.3, 0.4) is 0 Å². The van der Waals surface area contributed by atoms with E-state index in [9.17, 15) is 4.79 Å². The molecule has 0 aliphatic rings. The van der Waals surface area contributed by atoms with E-state index in [1.165, 1.54) is 7.11 Å². The fraction of sp³-hybridized carbons (Fsp3) is 0.176. The monoisotopic (exact) mass is 332 g/mol. The highest BCUT2D eigenvalue weighted by Crippen LogP contribution is 2.14. The highest BCUT2D eigenvalue weighted by atomic mass is 35.5. The smallest absolute Gasteiger partial charge is 0.343 e. The topological polar surface area (TPSA) is 59.9 Å². The lowest BCUT2D eigenvalue weighted by molar-refractivity contribution is -0.142. The number of nitrogens with one attached hydrogen (secondary N) is 1. The summed E-state index contributed by atoms with van der Waals surface area (Å²) in [5.74, 6) is 0.177. The number of hydrogen-bond acceptors (Lipinski definition) is 5. The zero-order chi connectivity index (χ0) is 16.5. The van der Waals surface area contributed by atoms with Gasteiger partial charge in [-0.25, -0.2) is 4.79 Å². The molecule has 2 aromatic rings. The van der Waals surface area contributed by atoms with Crippen molar-refractivity contribution in [1.29, 1.82) is 0 Å². The first-order chi connectivity index (χ1) is 11.2. The number of rotatable bonds is 7. The van der Waals surface area contributed by atoms with Crippen molar-refractivity contribution >= 4 is 23.8 Å². The quantitative estimate of drug-likeness (QED) is 0.481. The Morgan fingerprint density at radius 2 is 1.96 bits per heavy atom. The largest absolute Gasteiger partial charge is 0.482 e. The van der Waals surface area contributed by atoms with Gasteiger partial charge in [0.1, 0.15) is 5.75 Å². The summed E-state index contributed by atoms with van der Waals surface area (Å²) in [5.41, 5.74) is 4.83. The van der Waals surface area contributed by atoms with Crippen LogP contribution in [0.25, 0.3) is 0 Å². The summed E-state index contributed by atoms with van der Waals surface area (Å²) in [5, 5.41) is 4.86. The van der Waals surface area contributed by atoms with E-state index in [4.69, 9.17) is 16.3 Å². The minimum Gasteiger partial charge on any atom is -0.482 e. The van der Waals surface area contributed by atoms with E-state index < -0.39 is 5.97 Å². The van der Waals surface area contributed by atoms with Crippen LogP contribution in [-0.2, 0) is 16.1 Å². The van der Waals surface area contributed by atoms with Crippen molar-refractivity contribution in [3.8, 4) is 5.75 Å². The van der Waals surface area contributed by atoms with Crippen molar-refractivity contribution in [2.75, 3.05) is 13.7 Å². The predicted octanol–water partition coefficient (Wildman–Crippen LogP) is 3.02. The Hall–Kier alpha value is -2.53. The molecule has 0 aliphatic carbocycles. The summed E-state index contributed by atoms with van der Waals surface area (Å²) < 4.78 is 9.76. The molecule has 0 aliphatic heterocycles. The molecule has 5 nitrogen and oxygen atoms in total. The molecule has 0 saturated carbocycles. The van der Waals surface area contributed by atoms with Gasteiger partial charge in [0, 0.05) is 5.02 Å². The Bertz CT molecular complexity index is 672. The Morgan fingerprint density at radius 3 is 2.65 bits per heavy atom. The summed E-state index contributed by atoms with van der Waals surface area (Å²) in [7, 11) is 1.32. The average molecular weight is 333 g/mol. The molecule has 0 bridgehead atoms. The van der Waals surface area contributed by atoms with Gasteiger partial charge in [0.2, 0.25) is 0 Å². The Kier molecular flexibility index (Phi) is 6.44. The molecule has 1 N–H and O–H groups in total. The predicted molar refractivity (Wildman–Crippen MR) is 89.8 cm³/mol. The molecule has 120 valence electrons. The third-order valence-electron chi connectivity index (χ3n) is 3.00. The lowest BCUT2D eigenvalue weighted by Gasteiger charge is -2.05. The number of benzene rings is 2. The molecule has 0 spiro atoms. The van der Waals surface area contributed by atoms with E-state index in [0.29, 0.717) is 17.3 Å². The van der Waals surface area contributed by atoms with Crippen LogP contribution in [0.1, 0.15) is 11.1 Å². The van der Waals surface area contributed by atoms with Crippen molar-refractivity contribution in [3.05, 3.63) is 64.7 Å². The molecule has 23 heavy (non-hydrogen) atoms. The first kappa shape index (κ1) is 16.8. The van der Waals surface area contributed by atoms with Gasteiger partial charge >= 0.3 is 5.97 Å². The number of hydrogen-bond donors (Lipinski definition) is 1. The Morgan fingerprint density at radius 1 is 1.22 bits per heavy atom. The number of hydrazone groups is 1. The second-order valence-electron chi connectivity index (χ2n) is 4.62. The number of carbonyl (C=O) groups excluding carboxylic acids is 1. The molecule has 0 amide bonds. The fourth-order valence-electron chi connectivity index (χ4n) is 1.74. The Balaban J connectivity index is 1.81. The van der Waals surface area contributed by atoms with Gasteiger partial charge in [0.25, 0.3) is 0 Å². The maximum Gasteiger partial charge on any atom is 0.343 e. The first-order valence-electron chi connectivity index (χ1n) is 6.98. The molecule has 2 aromatic carbocycles. The van der Waals surface area contributed by atoms with Crippen molar-refractivity contribution in [2.45, 2.75) is 6.54 Å². The Labute approximate surface area is 139 Å². The molecular weight excluding hydrogens is 316 g/mol. The van der Waals surface area contributed by atoms with Gasteiger partial charge in [-0.2, -0.15) is 5.10 Å². The molecule has 0 saturated heterocycles. The zero-order valence-electron chi connectivity index (χ0n) is 12.7. The van der Waals surface area contributed by atoms with Gasteiger partial charge in [-0.15, -0.1) is 0 Å². The van der Waals surface area contributed by atoms with Crippen molar-refractivity contribution < 1.29 is 14.3 Å². The molecular formula is C17H17ClN2O3. The van der Waals surface area contributed by atoms with Gasteiger partial charge in [-0.05, 0) is 41.5 Å². The first-order valence-corrected chi connectivity index (χ1v) is 7.36. The second kappa shape index (κ2) is 8.80. The molecule has 0 unspecified atom stereocenters. The van der Waals surface area contributed by atoms with Gasteiger partial charge in [0.05, 0.1) is 19.9 Å². The van der Waals surface area contributed by atoms with Crippen LogP contribution in [0.5, 0.6) is 5.75 Å². The number of halogens is 1. The molecule has 0 heterocycles. The fourth-order valence-corrected chi connectivity index (χ4v) is 1.95. The maximum atomic E-state index is 11.0. The number of nitrogens with zero attached hydrogens (tertiary/aromatic N) is 1. The highest BCUT2D eigenvalue weighted by Gasteiger charge is 2.01. The summed E-state index contributed by atoms with van der Waals surface area (Å²) in [6.07, 6.45) is 1.70. The SMILES string of the molecule is COC(=O)COc1ccc(/C=N\NCc2ccccc2Cl)cc1. The van der Waals surface area contributed by atoms with E-state index in [1.54, 1.807) is 18.3 Å². The summed E-state index contributed by atoms with van der Waals surface area (Å²) in [6, 6.07) is 14.8. The van der Waals surface area contributed by atoms with Crippen molar-refractivity contribution in [2.24, 2.45) is 5.10 Å². The van der Waals surface area contributed by atoms with Gasteiger partial charge in [-0.3, -0.25) is 0 Å². The average Bonchev–Trinajstić information content (AvgIpc) is 2.59. The van der Waals surface area contributed by atoms with Crippen LogP contribution in [-0.4, -0.2) is 25.9 Å². The summed E-state index contributed by atoms with van der Waals surface area (Å²) >= 11 is 6.06. The normalized spacial score (nSPS) is 10.5. The number of carbonyl (C=O) groups is 1. The molecule has 6 heteroatoms. The van der Waals surface area contributed by atoms with Crippen LogP contribution in [0.4, 0.5) is 0 Å². The number of esters is 1.